The summed E-state index contributed by atoms with van der Waals surface area (Å²) in [5.41, 5.74) is 2.32. The maximum atomic E-state index is 4.70. The van der Waals surface area contributed by atoms with Crippen LogP contribution in [-0.4, -0.2) is 16.5 Å². The first-order valence-corrected chi connectivity index (χ1v) is 8.24. The summed E-state index contributed by atoms with van der Waals surface area (Å²) in [6, 6.07) is 10.4. The topological polar surface area (TPSA) is 37.8 Å². The second kappa shape index (κ2) is 7.55. The Hall–Kier alpha value is -1.42. The van der Waals surface area contributed by atoms with Crippen LogP contribution in [0.1, 0.15) is 50.2 Å². The molecule has 1 heterocycles. The minimum Gasteiger partial charge on any atom is -0.370 e. The predicted octanol–water partition coefficient (Wildman–Crippen LogP) is 4.78. The smallest absolute Gasteiger partial charge is 0.135 e. The molecule has 0 atom stereocenters. The van der Waals surface area contributed by atoms with E-state index in [0.29, 0.717) is 5.92 Å². The van der Waals surface area contributed by atoms with Gasteiger partial charge in [0.2, 0.25) is 0 Å². The van der Waals surface area contributed by atoms with E-state index in [1.165, 1.54) is 5.56 Å². The van der Waals surface area contributed by atoms with Crippen LogP contribution in [0.15, 0.2) is 34.8 Å². The molecular formula is C17H22BrN3. The minimum atomic E-state index is 0.402. The molecule has 0 fully saturated rings. The molecule has 0 aliphatic carbocycles. The standard InChI is InChI=1S/C17H22BrN3/c1-4-9-19-16-11-15(12(2)3)20-17(21-16)10-13-5-7-14(18)8-6-13/h5-8,11-12H,4,9-10H2,1-3H3,(H,19,20,21). The van der Waals surface area contributed by atoms with Gasteiger partial charge in [0.05, 0.1) is 0 Å². The maximum Gasteiger partial charge on any atom is 0.135 e. The van der Waals surface area contributed by atoms with Crippen LogP contribution in [0.5, 0.6) is 0 Å². The highest BCUT2D eigenvalue weighted by Crippen LogP contribution is 2.18. The fraction of sp³-hybridized carbons (Fsp3) is 0.412. The number of nitrogens with one attached hydrogen (secondary N) is 1. The van der Waals surface area contributed by atoms with E-state index >= 15 is 0 Å². The van der Waals surface area contributed by atoms with Crippen LogP contribution in [0, 0.1) is 0 Å². The first-order valence-electron chi connectivity index (χ1n) is 7.44. The van der Waals surface area contributed by atoms with Crippen molar-refractivity contribution in [3.8, 4) is 0 Å². The molecule has 112 valence electrons. The average Bonchev–Trinajstić information content (AvgIpc) is 2.47. The van der Waals surface area contributed by atoms with Gasteiger partial charge in [-0.3, -0.25) is 0 Å². The normalized spacial score (nSPS) is 10.9. The number of hydrogen-bond acceptors (Lipinski definition) is 3. The highest BCUT2D eigenvalue weighted by molar-refractivity contribution is 9.10. The number of anilines is 1. The molecule has 0 spiro atoms. The third kappa shape index (κ3) is 4.81. The zero-order valence-corrected chi connectivity index (χ0v) is 14.4. The Morgan fingerprint density at radius 1 is 1.14 bits per heavy atom. The molecule has 0 aliphatic rings. The summed E-state index contributed by atoms with van der Waals surface area (Å²) in [4.78, 5) is 9.33. The highest BCUT2D eigenvalue weighted by Gasteiger charge is 2.08. The average molecular weight is 348 g/mol. The molecule has 0 amide bonds. The van der Waals surface area contributed by atoms with Crippen molar-refractivity contribution >= 4 is 21.7 Å². The molecule has 0 aliphatic heterocycles. The first kappa shape index (κ1) is 16.0. The van der Waals surface area contributed by atoms with Crippen LogP contribution in [0.25, 0.3) is 0 Å². The summed E-state index contributed by atoms with van der Waals surface area (Å²) in [5.74, 6) is 2.21. The van der Waals surface area contributed by atoms with Crippen LogP contribution >= 0.6 is 15.9 Å². The quantitative estimate of drug-likeness (QED) is 0.817. The van der Waals surface area contributed by atoms with Gasteiger partial charge in [0.25, 0.3) is 0 Å². The van der Waals surface area contributed by atoms with Crippen molar-refractivity contribution in [2.45, 2.75) is 39.5 Å². The summed E-state index contributed by atoms with van der Waals surface area (Å²) in [5, 5.41) is 3.37. The lowest BCUT2D eigenvalue weighted by atomic mass is 10.1. The molecule has 0 saturated heterocycles. The Balaban J connectivity index is 2.24. The predicted molar refractivity (Wildman–Crippen MR) is 91.8 cm³/mol. The van der Waals surface area contributed by atoms with E-state index in [4.69, 9.17) is 4.98 Å². The van der Waals surface area contributed by atoms with Crippen LogP contribution in [-0.2, 0) is 6.42 Å². The SMILES string of the molecule is CCCNc1cc(C(C)C)nc(Cc2ccc(Br)cc2)n1. The van der Waals surface area contributed by atoms with Crippen molar-refractivity contribution in [3.63, 3.8) is 0 Å². The molecule has 2 aromatic rings. The number of halogens is 1. The van der Waals surface area contributed by atoms with Gasteiger partial charge >= 0.3 is 0 Å². The van der Waals surface area contributed by atoms with E-state index in [2.05, 4.69) is 77.3 Å². The molecule has 1 aromatic carbocycles. The summed E-state index contributed by atoms with van der Waals surface area (Å²) < 4.78 is 1.09. The number of aromatic nitrogens is 2. The fourth-order valence-corrected chi connectivity index (χ4v) is 2.29. The monoisotopic (exact) mass is 347 g/mol. The van der Waals surface area contributed by atoms with Crippen molar-refractivity contribution in [1.29, 1.82) is 0 Å². The number of nitrogens with zero attached hydrogens (tertiary/aromatic N) is 2. The van der Waals surface area contributed by atoms with Crippen molar-refractivity contribution in [2.24, 2.45) is 0 Å². The van der Waals surface area contributed by atoms with Crippen LogP contribution in [0.4, 0.5) is 5.82 Å². The molecule has 0 bridgehead atoms. The molecule has 0 saturated carbocycles. The molecule has 0 radical (unpaired) electrons. The van der Waals surface area contributed by atoms with Gasteiger partial charge in [-0.1, -0.05) is 48.8 Å². The summed E-state index contributed by atoms with van der Waals surface area (Å²) in [6.07, 6.45) is 1.84. The molecule has 3 nitrogen and oxygen atoms in total. The van der Waals surface area contributed by atoms with Crippen molar-refractivity contribution in [2.75, 3.05) is 11.9 Å². The Labute approximate surface area is 135 Å². The second-order valence-corrected chi connectivity index (χ2v) is 6.39. The molecule has 1 N–H and O–H groups in total. The molecule has 21 heavy (non-hydrogen) atoms. The van der Waals surface area contributed by atoms with E-state index in [9.17, 15) is 0 Å². The lowest BCUT2D eigenvalue weighted by Crippen LogP contribution is -2.08. The molecule has 4 heteroatoms. The Kier molecular flexibility index (Phi) is 5.74. The third-order valence-electron chi connectivity index (χ3n) is 3.22. The summed E-state index contributed by atoms with van der Waals surface area (Å²) in [7, 11) is 0. The lowest BCUT2D eigenvalue weighted by molar-refractivity contribution is 0.790. The minimum absolute atomic E-state index is 0.402. The largest absolute Gasteiger partial charge is 0.370 e. The van der Waals surface area contributed by atoms with Gasteiger partial charge in [-0.25, -0.2) is 9.97 Å². The second-order valence-electron chi connectivity index (χ2n) is 5.48. The van der Waals surface area contributed by atoms with Gasteiger partial charge in [-0.15, -0.1) is 0 Å². The first-order chi connectivity index (χ1) is 10.1. The zero-order chi connectivity index (χ0) is 15.2. The third-order valence-corrected chi connectivity index (χ3v) is 3.74. The van der Waals surface area contributed by atoms with Gasteiger partial charge in [-0.2, -0.15) is 0 Å². The molecule has 2 rings (SSSR count). The van der Waals surface area contributed by atoms with Crippen molar-refractivity contribution < 1.29 is 0 Å². The van der Waals surface area contributed by atoms with Crippen molar-refractivity contribution in [3.05, 3.63) is 51.9 Å². The van der Waals surface area contributed by atoms with E-state index in [1.807, 2.05) is 0 Å². The van der Waals surface area contributed by atoms with E-state index < -0.39 is 0 Å². The zero-order valence-electron chi connectivity index (χ0n) is 12.9. The summed E-state index contributed by atoms with van der Waals surface area (Å²) >= 11 is 3.46. The van der Waals surface area contributed by atoms with Gasteiger partial charge in [-0.05, 0) is 30.0 Å². The Bertz CT molecular complexity index is 579. The maximum absolute atomic E-state index is 4.70. The van der Waals surface area contributed by atoms with E-state index in [1.54, 1.807) is 0 Å². The van der Waals surface area contributed by atoms with Crippen LogP contribution < -0.4 is 5.32 Å². The van der Waals surface area contributed by atoms with E-state index in [0.717, 1.165) is 41.2 Å². The van der Waals surface area contributed by atoms with Crippen LogP contribution in [0.3, 0.4) is 0 Å². The lowest BCUT2D eigenvalue weighted by Gasteiger charge is -2.11. The fourth-order valence-electron chi connectivity index (χ4n) is 2.02. The van der Waals surface area contributed by atoms with Gasteiger partial charge < -0.3 is 5.32 Å². The molecule has 1 aromatic heterocycles. The number of hydrogen-bond donors (Lipinski definition) is 1. The van der Waals surface area contributed by atoms with E-state index in [-0.39, 0.29) is 0 Å². The highest BCUT2D eigenvalue weighted by atomic mass is 79.9. The number of rotatable bonds is 6. The molecular weight excluding hydrogens is 326 g/mol. The Morgan fingerprint density at radius 2 is 1.86 bits per heavy atom. The van der Waals surface area contributed by atoms with Gasteiger partial charge in [0, 0.05) is 29.2 Å². The van der Waals surface area contributed by atoms with Crippen LogP contribution in [0.2, 0.25) is 0 Å². The number of benzene rings is 1. The molecule has 0 unspecified atom stereocenters. The van der Waals surface area contributed by atoms with Gasteiger partial charge in [0.1, 0.15) is 11.6 Å². The Morgan fingerprint density at radius 3 is 2.48 bits per heavy atom. The van der Waals surface area contributed by atoms with Crippen molar-refractivity contribution in [1.82, 2.24) is 9.97 Å². The summed E-state index contributed by atoms with van der Waals surface area (Å²) in [6.45, 7) is 7.41. The van der Waals surface area contributed by atoms with Gasteiger partial charge in [0.15, 0.2) is 0 Å².